The summed E-state index contributed by atoms with van der Waals surface area (Å²) in [5, 5.41) is 15.0. The van der Waals surface area contributed by atoms with Crippen LogP contribution in [0.3, 0.4) is 0 Å². The molecule has 5 rings (SSSR count). The molecule has 0 spiro atoms. The zero-order chi connectivity index (χ0) is 24.9. The van der Waals surface area contributed by atoms with Gasteiger partial charge in [0.25, 0.3) is 5.91 Å². The van der Waals surface area contributed by atoms with E-state index < -0.39 is 0 Å². The normalized spacial score (nSPS) is 20.4. The van der Waals surface area contributed by atoms with Crippen molar-refractivity contribution in [1.82, 2.24) is 10.2 Å². The molecule has 2 aromatic carbocycles. The fourth-order valence-electron chi connectivity index (χ4n) is 5.45. The first-order valence-corrected chi connectivity index (χ1v) is 13.2. The van der Waals surface area contributed by atoms with E-state index in [0.29, 0.717) is 55.1 Å². The molecule has 3 aliphatic rings. The molecule has 0 aromatic heterocycles. The number of likely N-dealkylation sites (tertiary alicyclic amines) is 1. The predicted molar refractivity (Wildman–Crippen MR) is 138 cm³/mol. The van der Waals surface area contributed by atoms with Crippen LogP contribution in [0.5, 0.6) is 0 Å². The van der Waals surface area contributed by atoms with Crippen molar-refractivity contribution in [2.75, 3.05) is 38.2 Å². The molecular formula is C29H34N4O3. The van der Waals surface area contributed by atoms with E-state index in [1.807, 2.05) is 47.4 Å². The second-order valence-corrected chi connectivity index (χ2v) is 10.3. The number of amides is 3. The van der Waals surface area contributed by atoms with Gasteiger partial charge in [0.1, 0.15) is 0 Å². The van der Waals surface area contributed by atoms with Gasteiger partial charge in [0.15, 0.2) is 0 Å². The van der Waals surface area contributed by atoms with Crippen molar-refractivity contribution in [2.24, 2.45) is 5.92 Å². The molecule has 2 aliphatic heterocycles. The van der Waals surface area contributed by atoms with Crippen molar-refractivity contribution in [1.29, 1.82) is 5.26 Å². The first-order chi connectivity index (χ1) is 17.6. The molecule has 7 heteroatoms. The Hall–Kier alpha value is -3.37. The molecule has 3 amide bonds. The molecule has 1 aliphatic carbocycles. The number of piperidine rings is 1. The van der Waals surface area contributed by atoms with Gasteiger partial charge >= 0.3 is 6.03 Å². The van der Waals surface area contributed by atoms with Gasteiger partial charge < -0.3 is 20.3 Å². The molecule has 7 nitrogen and oxygen atoms in total. The van der Waals surface area contributed by atoms with Gasteiger partial charge in [0.05, 0.1) is 18.2 Å². The highest BCUT2D eigenvalue weighted by Crippen LogP contribution is 2.40. The highest BCUT2D eigenvalue weighted by molar-refractivity contribution is 5.97. The van der Waals surface area contributed by atoms with Gasteiger partial charge in [-0.05, 0) is 79.3 Å². The summed E-state index contributed by atoms with van der Waals surface area (Å²) in [5.74, 6) is 1.21. The van der Waals surface area contributed by atoms with Crippen molar-refractivity contribution in [3.05, 3.63) is 64.7 Å². The molecule has 188 valence electrons. The zero-order valence-electron chi connectivity index (χ0n) is 20.7. The van der Waals surface area contributed by atoms with E-state index in [-0.39, 0.29) is 11.9 Å². The van der Waals surface area contributed by atoms with E-state index in [9.17, 15) is 9.59 Å². The summed E-state index contributed by atoms with van der Waals surface area (Å²) in [6.45, 7) is 3.44. The number of hydrogen-bond acceptors (Lipinski definition) is 4. The molecule has 0 unspecified atom stereocenters. The van der Waals surface area contributed by atoms with Crippen LogP contribution in [0.2, 0.25) is 0 Å². The summed E-state index contributed by atoms with van der Waals surface area (Å²) in [5.41, 5.74) is 4.39. The number of hydrogen-bond donors (Lipinski definition) is 2. The number of carbonyl (C=O) groups excluding carboxylic acids is 2. The highest BCUT2D eigenvalue weighted by Gasteiger charge is 2.27. The van der Waals surface area contributed by atoms with Gasteiger partial charge in [-0.25, -0.2) is 4.79 Å². The van der Waals surface area contributed by atoms with Crippen LogP contribution in [0.1, 0.15) is 77.4 Å². The van der Waals surface area contributed by atoms with E-state index in [1.165, 1.54) is 12.0 Å². The third kappa shape index (κ3) is 5.55. The van der Waals surface area contributed by atoms with E-state index in [1.54, 1.807) is 0 Å². The summed E-state index contributed by atoms with van der Waals surface area (Å²) < 4.78 is 5.40. The lowest BCUT2D eigenvalue weighted by atomic mass is 9.79. The van der Waals surface area contributed by atoms with E-state index in [0.717, 1.165) is 50.0 Å². The van der Waals surface area contributed by atoms with E-state index in [2.05, 4.69) is 16.7 Å². The Balaban J connectivity index is 1.23. The predicted octanol–water partition coefficient (Wildman–Crippen LogP) is 5.00. The maximum absolute atomic E-state index is 13.4. The summed E-state index contributed by atoms with van der Waals surface area (Å²) >= 11 is 0. The van der Waals surface area contributed by atoms with Crippen LogP contribution < -0.4 is 10.6 Å². The summed E-state index contributed by atoms with van der Waals surface area (Å²) in [7, 11) is 0. The number of urea groups is 1. The maximum atomic E-state index is 13.4. The van der Waals surface area contributed by atoms with Crippen LogP contribution in [0.15, 0.2) is 42.5 Å². The van der Waals surface area contributed by atoms with Crippen molar-refractivity contribution in [3.8, 4) is 6.07 Å². The fourth-order valence-corrected chi connectivity index (χ4v) is 5.45. The lowest BCUT2D eigenvalue weighted by molar-refractivity contribution is 0.0713. The standard InChI is InChI=1S/C29H34N4O3/c30-17-20-4-6-22(7-5-20)23-10-13-33(14-11-23)28(34)25-8-9-26(24-2-1-3-24)27(16-25)32-29(35)31-18-21-12-15-36-19-21/h4-9,16,21,23-24H,1-3,10-15,18-19H2,(H2,31,32,35)/t21-/m1/s1. The van der Waals surface area contributed by atoms with Gasteiger partial charge in [0.2, 0.25) is 0 Å². The Morgan fingerprint density at radius 2 is 1.78 bits per heavy atom. The van der Waals surface area contributed by atoms with Crippen molar-refractivity contribution in [2.45, 2.75) is 50.4 Å². The Labute approximate surface area is 212 Å². The van der Waals surface area contributed by atoms with Gasteiger partial charge in [-0.2, -0.15) is 5.26 Å². The molecule has 1 saturated carbocycles. The SMILES string of the molecule is N#Cc1ccc(C2CCN(C(=O)c3ccc(C4CCC4)c(NC(=O)NC[C@H]4CCOC4)c3)CC2)cc1. The van der Waals surface area contributed by atoms with Crippen LogP contribution >= 0.6 is 0 Å². The molecule has 0 radical (unpaired) electrons. The molecule has 2 heterocycles. The minimum atomic E-state index is -0.227. The molecular weight excluding hydrogens is 452 g/mol. The smallest absolute Gasteiger partial charge is 0.319 e. The van der Waals surface area contributed by atoms with Gasteiger partial charge in [-0.3, -0.25) is 4.79 Å². The number of rotatable bonds is 6. The number of nitrogens with zero attached hydrogens (tertiary/aromatic N) is 2. The third-order valence-corrected chi connectivity index (χ3v) is 7.96. The largest absolute Gasteiger partial charge is 0.381 e. The van der Waals surface area contributed by atoms with E-state index >= 15 is 0 Å². The minimum Gasteiger partial charge on any atom is -0.381 e. The number of carbonyl (C=O) groups is 2. The molecule has 2 aromatic rings. The Morgan fingerprint density at radius 3 is 2.42 bits per heavy atom. The lowest BCUT2D eigenvalue weighted by Crippen LogP contribution is -2.38. The molecule has 2 N–H and O–H groups in total. The molecule has 0 bridgehead atoms. The molecule has 2 saturated heterocycles. The first kappa shape index (κ1) is 24.3. The minimum absolute atomic E-state index is 0.0139. The molecule has 1 atom stereocenters. The van der Waals surface area contributed by atoms with Crippen molar-refractivity contribution >= 4 is 17.6 Å². The van der Waals surface area contributed by atoms with Crippen LogP contribution in [0.4, 0.5) is 10.5 Å². The monoisotopic (exact) mass is 486 g/mol. The van der Waals surface area contributed by atoms with Gasteiger partial charge in [-0.1, -0.05) is 24.6 Å². The third-order valence-electron chi connectivity index (χ3n) is 7.96. The average Bonchev–Trinajstić information content (AvgIpc) is 3.41. The van der Waals surface area contributed by atoms with Gasteiger partial charge in [0, 0.05) is 43.4 Å². The Morgan fingerprint density at radius 1 is 1.00 bits per heavy atom. The zero-order valence-corrected chi connectivity index (χ0v) is 20.7. The second kappa shape index (κ2) is 11.1. The number of benzene rings is 2. The van der Waals surface area contributed by atoms with Gasteiger partial charge in [-0.15, -0.1) is 0 Å². The quantitative estimate of drug-likeness (QED) is 0.601. The van der Waals surface area contributed by atoms with Crippen molar-refractivity contribution < 1.29 is 14.3 Å². The van der Waals surface area contributed by atoms with E-state index in [4.69, 9.17) is 10.00 Å². The molecule has 36 heavy (non-hydrogen) atoms. The Bertz CT molecular complexity index is 1120. The second-order valence-electron chi connectivity index (χ2n) is 10.3. The maximum Gasteiger partial charge on any atom is 0.319 e. The number of nitrogens with one attached hydrogen (secondary N) is 2. The number of nitriles is 1. The topological polar surface area (TPSA) is 94.5 Å². The van der Waals surface area contributed by atoms with Crippen LogP contribution in [-0.2, 0) is 4.74 Å². The molecule has 3 fully saturated rings. The van der Waals surface area contributed by atoms with Crippen LogP contribution in [0, 0.1) is 17.2 Å². The fraction of sp³-hybridized carbons (Fsp3) is 0.483. The number of ether oxygens (including phenoxy) is 1. The van der Waals surface area contributed by atoms with Crippen molar-refractivity contribution in [3.63, 3.8) is 0 Å². The average molecular weight is 487 g/mol. The lowest BCUT2D eigenvalue weighted by Gasteiger charge is -2.33. The Kier molecular flexibility index (Phi) is 7.52. The summed E-state index contributed by atoms with van der Waals surface area (Å²) in [6.07, 6.45) is 6.20. The first-order valence-electron chi connectivity index (χ1n) is 13.2. The van der Waals surface area contributed by atoms with Crippen LogP contribution in [0.25, 0.3) is 0 Å². The summed E-state index contributed by atoms with van der Waals surface area (Å²) in [6, 6.07) is 15.5. The summed E-state index contributed by atoms with van der Waals surface area (Å²) in [4.78, 5) is 28.0. The van der Waals surface area contributed by atoms with Crippen LogP contribution in [-0.4, -0.2) is 49.7 Å². The number of anilines is 1. The highest BCUT2D eigenvalue weighted by atomic mass is 16.5.